The fourth-order valence-electron chi connectivity index (χ4n) is 3.89. The first kappa shape index (κ1) is 17.2. The molecular weight excluding hydrogens is 326 g/mol. The topological polar surface area (TPSA) is 67.6 Å². The third kappa shape index (κ3) is 3.49. The molecule has 1 aromatic carbocycles. The van der Waals surface area contributed by atoms with E-state index in [1.165, 1.54) is 0 Å². The molecule has 3 heterocycles. The average Bonchev–Trinajstić information content (AvgIpc) is 2.64. The molecule has 2 atom stereocenters. The SMILES string of the molecule is CC1CCOCCCC1c1nc2c(c(-c3cccc(O)c3)n1)CCC=N2. The number of benzene rings is 1. The summed E-state index contributed by atoms with van der Waals surface area (Å²) in [5.74, 6) is 2.73. The van der Waals surface area contributed by atoms with Crippen LogP contribution in [-0.2, 0) is 11.2 Å². The maximum atomic E-state index is 9.92. The molecular formula is C21H25N3O2. The van der Waals surface area contributed by atoms with Crippen molar-refractivity contribution in [3.63, 3.8) is 0 Å². The van der Waals surface area contributed by atoms with Crippen molar-refractivity contribution in [2.75, 3.05) is 13.2 Å². The van der Waals surface area contributed by atoms with E-state index in [1.54, 1.807) is 12.1 Å². The van der Waals surface area contributed by atoms with Crippen molar-refractivity contribution in [3.05, 3.63) is 35.7 Å². The quantitative estimate of drug-likeness (QED) is 0.870. The molecule has 0 amide bonds. The summed E-state index contributed by atoms with van der Waals surface area (Å²) in [5, 5.41) is 9.92. The van der Waals surface area contributed by atoms with Crippen molar-refractivity contribution in [2.45, 2.75) is 44.9 Å². The van der Waals surface area contributed by atoms with Crippen molar-refractivity contribution in [1.29, 1.82) is 0 Å². The van der Waals surface area contributed by atoms with Gasteiger partial charge in [-0.15, -0.1) is 0 Å². The van der Waals surface area contributed by atoms with Crippen molar-refractivity contribution >= 4 is 12.0 Å². The van der Waals surface area contributed by atoms with Gasteiger partial charge in [-0.05, 0) is 50.2 Å². The Morgan fingerprint density at radius 2 is 2.08 bits per heavy atom. The molecule has 2 unspecified atom stereocenters. The molecule has 26 heavy (non-hydrogen) atoms. The Morgan fingerprint density at radius 3 is 2.96 bits per heavy atom. The zero-order valence-corrected chi connectivity index (χ0v) is 15.2. The second kappa shape index (κ2) is 7.54. The summed E-state index contributed by atoms with van der Waals surface area (Å²) < 4.78 is 5.63. The van der Waals surface area contributed by atoms with Gasteiger partial charge >= 0.3 is 0 Å². The molecule has 2 aliphatic rings. The van der Waals surface area contributed by atoms with Gasteiger partial charge in [0.05, 0.1) is 5.69 Å². The third-order valence-corrected chi connectivity index (χ3v) is 5.40. The third-order valence-electron chi connectivity index (χ3n) is 5.40. The maximum absolute atomic E-state index is 9.92. The number of hydrogen-bond donors (Lipinski definition) is 1. The minimum atomic E-state index is 0.257. The lowest BCUT2D eigenvalue weighted by atomic mass is 9.86. The zero-order chi connectivity index (χ0) is 17.9. The summed E-state index contributed by atoms with van der Waals surface area (Å²) in [6, 6.07) is 7.33. The van der Waals surface area contributed by atoms with E-state index in [4.69, 9.17) is 14.7 Å². The summed E-state index contributed by atoms with van der Waals surface area (Å²) in [4.78, 5) is 14.4. The highest BCUT2D eigenvalue weighted by Gasteiger charge is 2.26. The first-order chi connectivity index (χ1) is 12.7. The van der Waals surface area contributed by atoms with Gasteiger partial charge in [-0.1, -0.05) is 19.1 Å². The normalized spacial score (nSPS) is 23.1. The van der Waals surface area contributed by atoms with E-state index in [9.17, 15) is 5.11 Å². The number of rotatable bonds is 2. The Labute approximate surface area is 154 Å². The Morgan fingerprint density at radius 1 is 1.15 bits per heavy atom. The van der Waals surface area contributed by atoms with Crippen LogP contribution in [0.1, 0.15) is 49.9 Å². The van der Waals surface area contributed by atoms with Crippen LogP contribution in [0.5, 0.6) is 5.75 Å². The molecule has 4 rings (SSSR count). The number of fused-ring (bicyclic) bond motifs is 1. The van der Waals surface area contributed by atoms with Crippen LogP contribution in [0.3, 0.4) is 0 Å². The summed E-state index contributed by atoms with van der Waals surface area (Å²) in [5.41, 5.74) is 2.94. The van der Waals surface area contributed by atoms with Gasteiger partial charge in [0.25, 0.3) is 0 Å². The van der Waals surface area contributed by atoms with E-state index >= 15 is 0 Å². The highest BCUT2D eigenvalue weighted by atomic mass is 16.5. The standard InChI is InChI=1S/C21H25N3O2/c1-14-9-12-26-11-4-8-17(14)21-23-19(15-5-2-6-16(25)13-15)18-7-3-10-22-20(18)24-21/h2,5-6,10,13-14,17,25H,3-4,7-9,11-12H2,1H3. The largest absolute Gasteiger partial charge is 0.508 e. The molecule has 1 fully saturated rings. The van der Waals surface area contributed by atoms with Crippen LogP contribution in [0.4, 0.5) is 5.82 Å². The second-order valence-electron chi connectivity index (χ2n) is 7.26. The molecule has 0 saturated carbocycles. The maximum Gasteiger partial charge on any atom is 0.159 e. The van der Waals surface area contributed by atoms with E-state index in [-0.39, 0.29) is 5.75 Å². The summed E-state index contributed by atoms with van der Waals surface area (Å²) in [6.45, 7) is 3.88. The van der Waals surface area contributed by atoms with Gasteiger partial charge in [0.2, 0.25) is 0 Å². The number of phenols is 1. The van der Waals surface area contributed by atoms with E-state index in [0.717, 1.165) is 73.8 Å². The van der Waals surface area contributed by atoms with E-state index < -0.39 is 0 Å². The molecule has 136 valence electrons. The van der Waals surface area contributed by atoms with Gasteiger partial charge in [-0.2, -0.15) is 0 Å². The molecule has 5 heteroatoms. The molecule has 0 spiro atoms. The monoisotopic (exact) mass is 351 g/mol. The second-order valence-corrected chi connectivity index (χ2v) is 7.26. The number of aliphatic imine (C=N–C) groups is 1. The first-order valence-electron chi connectivity index (χ1n) is 9.53. The van der Waals surface area contributed by atoms with Crippen LogP contribution in [0.2, 0.25) is 0 Å². The van der Waals surface area contributed by atoms with Gasteiger partial charge in [-0.25, -0.2) is 15.0 Å². The molecule has 0 radical (unpaired) electrons. The predicted molar refractivity (Wildman–Crippen MR) is 102 cm³/mol. The van der Waals surface area contributed by atoms with Gasteiger partial charge in [0.15, 0.2) is 5.82 Å². The number of aromatic hydroxyl groups is 1. The molecule has 1 aromatic heterocycles. The van der Waals surface area contributed by atoms with Gasteiger partial charge in [0, 0.05) is 36.5 Å². The first-order valence-corrected chi connectivity index (χ1v) is 9.53. The molecule has 2 aliphatic heterocycles. The van der Waals surface area contributed by atoms with Crippen molar-refractivity contribution in [1.82, 2.24) is 9.97 Å². The molecule has 0 aliphatic carbocycles. The minimum Gasteiger partial charge on any atom is -0.508 e. The van der Waals surface area contributed by atoms with E-state index in [2.05, 4.69) is 11.9 Å². The summed E-state index contributed by atoms with van der Waals surface area (Å²) in [6.07, 6.45) is 6.82. The molecule has 2 aromatic rings. The van der Waals surface area contributed by atoms with Crippen LogP contribution in [-0.4, -0.2) is 34.5 Å². The molecule has 0 bridgehead atoms. The number of phenolic OH excluding ortho intramolecular Hbond substituents is 1. The zero-order valence-electron chi connectivity index (χ0n) is 15.2. The number of hydrogen-bond acceptors (Lipinski definition) is 5. The fraction of sp³-hybridized carbons (Fsp3) is 0.476. The Bertz CT molecular complexity index is 819. The van der Waals surface area contributed by atoms with Crippen LogP contribution in [0, 0.1) is 5.92 Å². The lowest BCUT2D eigenvalue weighted by molar-refractivity contribution is 0.0955. The van der Waals surface area contributed by atoms with E-state index in [1.807, 2.05) is 18.3 Å². The lowest BCUT2D eigenvalue weighted by Crippen LogP contribution is -2.20. The van der Waals surface area contributed by atoms with Crippen LogP contribution < -0.4 is 0 Å². The smallest absolute Gasteiger partial charge is 0.159 e. The van der Waals surface area contributed by atoms with E-state index in [0.29, 0.717) is 11.8 Å². The average molecular weight is 351 g/mol. The molecule has 1 saturated heterocycles. The minimum absolute atomic E-state index is 0.257. The van der Waals surface area contributed by atoms with Crippen LogP contribution in [0.25, 0.3) is 11.3 Å². The van der Waals surface area contributed by atoms with Crippen molar-refractivity contribution in [2.24, 2.45) is 10.9 Å². The Hall–Kier alpha value is -2.27. The van der Waals surface area contributed by atoms with Crippen LogP contribution in [0.15, 0.2) is 29.3 Å². The highest BCUT2D eigenvalue weighted by Crippen LogP contribution is 2.37. The Kier molecular flexibility index (Phi) is 4.98. The number of ether oxygens (including phenoxy) is 1. The highest BCUT2D eigenvalue weighted by molar-refractivity contribution is 5.74. The number of nitrogens with zero attached hydrogens (tertiary/aromatic N) is 3. The van der Waals surface area contributed by atoms with Crippen molar-refractivity contribution < 1.29 is 9.84 Å². The summed E-state index contributed by atoms with van der Waals surface area (Å²) in [7, 11) is 0. The molecule has 1 N–H and O–H groups in total. The lowest BCUT2D eigenvalue weighted by Gasteiger charge is -2.27. The van der Waals surface area contributed by atoms with Crippen LogP contribution >= 0.6 is 0 Å². The van der Waals surface area contributed by atoms with Crippen molar-refractivity contribution in [3.8, 4) is 17.0 Å². The van der Waals surface area contributed by atoms with Gasteiger partial charge < -0.3 is 9.84 Å². The van der Waals surface area contributed by atoms with Gasteiger partial charge in [-0.3, -0.25) is 0 Å². The summed E-state index contributed by atoms with van der Waals surface area (Å²) >= 11 is 0. The number of aromatic nitrogens is 2. The predicted octanol–water partition coefficient (Wildman–Crippen LogP) is 4.42. The fourth-order valence-corrected chi connectivity index (χ4v) is 3.89. The Balaban J connectivity index is 1.81. The van der Waals surface area contributed by atoms with Gasteiger partial charge in [0.1, 0.15) is 11.6 Å². The molecule has 5 nitrogen and oxygen atoms in total.